The minimum atomic E-state index is -0.0529. The fraction of sp³-hybridized carbons (Fsp3) is 0.235. The van der Waals surface area contributed by atoms with Gasteiger partial charge in [-0.15, -0.1) is 0 Å². The molecule has 21 heavy (non-hydrogen) atoms. The predicted octanol–water partition coefficient (Wildman–Crippen LogP) is 2.55. The molecule has 0 saturated heterocycles. The highest BCUT2D eigenvalue weighted by molar-refractivity contribution is 5.92. The molecule has 0 saturated carbocycles. The molecule has 0 bridgehead atoms. The van der Waals surface area contributed by atoms with Crippen LogP contribution in [0.25, 0.3) is 0 Å². The Morgan fingerprint density at radius 1 is 1.10 bits per heavy atom. The van der Waals surface area contributed by atoms with Crippen molar-refractivity contribution < 1.29 is 14.6 Å². The van der Waals surface area contributed by atoms with Gasteiger partial charge < -0.3 is 15.2 Å². The maximum absolute atomic E-state index is 11.9. The molecule has 110 valence electrons. The highest BCUT2D eigenvalue weighted by Crippen LogP contribution is 2.16. The van der Waals surface area contributed by atoms with Gasteiger partial charge in [0.2, 0.25) is 5.91 Å². The van der Waals surface area contributed by atoms with E-state index in [1.807, 2.05) is 31.2 Å². The molecule has 1 amide bonds. The van der Waals surface area contributed by atoms with Crippen LogP contribution in [0.1, 0.15) is 11.1 Å². The van der Waals surface area contributed by atoms with Crippen LogP contribution in [0.3, 0.4) is 0 Å². The summed E-state index contributed by atoms with van der Waals surface area (Å²) in [5.74, 6) is 0.614. The van der Waals surface area contributed by atoms with Gasteiger partial charge in [-0.25, -0.2) is 0 Å². The molecule has 2 aromatic rings. The molecule has 0 spiro atoms. The van der Waals surface area contributed by atoms with Gasteiger partial charge in [0.05, 0.1) is 13.0 Å². The normalized spacial score (nSPS) is 10.2. The number of aliphatic hydroxyl groups is 1. The van der Waals surface area contributed by atoms with E-state index >= 15 is 0 Å². The van der Waals surface area contributed by atoms with Gasteiger partial charge in [-0.05, 0) is 36.8 Å². The van der Waals surface area contributed by atoms with E-state index in [0.717, 1.165) is 11.3 Å². The molecule has 0 aliphatic heterocycles. The zero-order valence-corrected chi connectivity index (χ0v) is 12.0. The Labute approximate surface area is 124 Å². The van der Waals surface area contributed by atoms with Crippen LogP contribution in [0.15, 0.2) is 48.5 Å². The van der Waals surface area contributed by atoms with E-state index in [0.29, 0.717) is 12.2 Å². The van der Waals surface area contributed by atoms with Gasteiger partial charge in [-0.1, -0.05) is 29.8 Å². The zero-order valence-electron chi connectivity index (χ0n) is 12.0. The van der Waals surface area contributed by atoms with Gasteiger partial charge in [-0.3, -0.25) is 4.79 Å². The summed E-state index contributed by atoms with van der Waals surface area (Å²) in [6, 6.07) is 15.0. The smallest absolute Gasteiger partial charge is 0.228 e. The molecule has 0 radical (unpaired) electrons. The van der Waals surface area contributed by atoms with Gasteiger partial charge in [0.25, 0.3) is 0 Å². The second-order valence-electron chi connectivity index (χ2n) is 4.81. The van der Waals surface area contributed by atoms with Crippen LogP contribution in [0, 0.1) is 6.92 Å². The fourth-order valence-electron chi connectivity index (χ4n) is 1.89. The van der Waals surface area contributed by atoms with Crippen LogP contribution in [0.4, 0.5) is 5.69 Å². The quantitative estimate of drug-likeness (QED) is 0.857. The molecular formula is C17H19NO3. The Hall–Kier alpha value is -2.33. The Morgan fingerprint density at radius 2 is 1.76 bits per heavy atom. The van der Waals surface area contributed by atoms with Crippen LogP contribution in [-0.2, 0) is 11.2 Å². The van der Waals surface area contributed by atoms with Crippen LogP contribution in [-0.4, -0.2) is 24.2 Å². The molecule has 0 aliphatic carbocycles. The predicted molar refractivity (Wildman–Crippen MR) is 82.5 cm³/mol. The monoisotopic (exact) mass is 285 g/mol. The van der Waals surface area contributed by atoms with Gasteiger partial charge >= 0.3 is 0 Å². The van der Waals surface area contributed by atoms with Crippen molar-refractivity contribution in [2.24, 2.45) is 0 Å². The van der Waals surface area contributed by atoms with E-state index in [-0.39, 0.29) is 19.1 Å². The van der Waals surface area contributed by atoms with E-state index in [4.69, 9.17) is 9.84 Å². The zero-order chi connectivity index (χ0) is 15.1. The van der Waals surface area contributed by atoms with Crippen molar-refractivity contribution in [2.45, 2.75) is 13.3 Å². The van der Waals surface area contributed by atoms with E-state index < -0.39 is 0 Å². The number of anilines is 1. The first kappa shape index (κ1) is 15.1. The van der Waals surface area contributed by atoms with E-state index in [2.05, 4.69) is 5.32 Å². The van der Waals surface area contributed by atoms with Crippen LogP contribution in [0.2, 0.25) is 0 Å². The van der Waals surface area contributed by atoms with Gasteiger partial charge in [0, 0.05) is 5.69 Å². The van der Waals surface area contributed by atoms with Crippen molar-refractivity contribution in [2.75, 3.05) is 18.5 Å². The van der Waals surface area contributed by atoms with Crippen molar-refractivity contribution in [1.29, 1.82) is 0 Å². The largest absolute Gasteiger partial charge is 0.491 e. The number of carbonyl (C=O) groups excluding carboxylic acids is 1. The number of ether oxygens (including phenoxy) is 1. The number of aliphatic hydroxyl groups excluding tert-OH is 1. The van der Waals surface area contributed by atoms with E-state index in [9.17, 15) is 4.79 Å². The first-order chi connectivity index (χ1) is 10.2. The number of hydrogen-bond donors (Lipinski definition) is 2. The summed E-state index contributed by atoms with van der Waals surface area (Å²) < 4.78 is 5.26. The van der Waals surface area contributed by atoms with Gasteiger partial charge in [-0.2, -0.15) is 0 Å². The summed E-state index contributed by atoms with van der Waals surface area (Å²) in [5, 5.41) is 11.5. The summed E-state index contributed by atoms with van der Waals surface area (Å²) in [7, 11) is 0. The number of benzene rings is 2. The van der Waals surface area contributed by atoms with Gasteiger partial charge in [0.15, 0.2) is 0 Å². The van der Waals surface area contributed by atoms with Crippen LogP contribution < -0.4 is 10.1 Å². The Balaban J connectivity index is 1.88. The molecule has 0 atom stereocenters. The summed E-state index contributed by atoms with van der Waals surface area (Å²) in [6.07, 6.45) is 0.350. The Bertz CT molecular complexity index is 576. The number of amides is 1. The van der Waals surface area contributed by atoms with Crippen molar-refractivity contribution >= 4 is 11.6 Å². The van der Waals surface area contributed by atoms with E-state index in [1.54, 1.807) is 24.3 Å². The third-order valence-electron chi connectivity index (χ3n) is 2.98. The van der Waals surface area contributed by atoms with Crippen molar-refractivity contribution in [1.82, 2.24) is 0 Å². The highest BCUT2D eigenvalue weighted by Gasteiger charge is 2.04. The second-order valence-corrected chi connectivity index (χ2v) is 4.81. The maximum Gasteiger partial charge on any atom is 0.228 e. The lowest BCUT2D eigenvalue weighted by molar-refractivity contribution is -0.115. The number of rotatable bonds is 6. The van der Waals surface area contributed by atoms with Gasteiger partial charge in [0.1, 0.15) is 12.4 Å². The lowest BCUT2D eigenvalue weighted by Gasteiger charge is -2.08. The van der Waals surface area contributed by atoms with E-state index in [1.165, 1.54) is 5.56 Å². The van der Waals surface area contributed by atoms with Crippen molar-refractivity contribution in [3.05, 3.63) is 59.7 Å². The average Bonchev–Trinajstić information content (AvgIpc) is 2.49. The average molecular weight is 285 g/mol. The topological polar surface area (TPSA) is 58.6 Å². The summed E-state index contributed by atoms with van der Waals surface area (Å²) in [6.45, 7) is 2.26. The van der Waals surface area contributed by atoms with Crippen LogP contribution in [0.5, 0.6) is 5.75 Å². The Morgan fingerprint density at radius 3 is 2.38 bits per heavy atom. The molecular weight excluding hydrogens is 266 g/mol. The first-order valence-electron chi connectivity index (χ1n) is 6.86. The summed E-state index contributed by atoms with van der Waals surface area (Å²) in [4.78, 5) is 11.9. The Kier molecular flexibility index (Phi) is 5.35. The molecule has 4 heteroatoms. The molecule has 0 fully saturated rings. The third kappa shape index (κ3) is 4.93. The fourth-order valence-corrected chi connectivity index (χ4v) is 1.89. The molecule has 2 aromatic carbocycles. The summed E-state index contributed by atoms with van der Waals surface area (Å²) >= 11 is 0. The number of hydrogen-bond acceptors (Lipinski definition) is 3. The molecule has 0 unspecified atom stereocenters. The lowest BCUT2D eigenvalue weighted by atomic mass is 10.1. The molecule has 0 aliphatic rings. The minimum Gasteiger partial charge on any atom is -0.491 e. The van der Waals surface area contributed by atoms with Crippen LogP contribution >= 0.6 is 0 Å². The standard InChI is InChI=1S/C17H19NO3/c1-13-2-4-14(5-3-13)12-17(20)18-15-6-8-16(9-7-15)21-11-10-19/h2-9,19H,10-12H2,1H3,(H,18,20). The lowest BCUT2D eigenvalue weighted by Crippen LogP contribution is -2.14. The van der Waals surface area contributed by atoms with Crippen molar-refractivity contribution in [3.8, 4) is 5.75 Å². The molecule has 4 nitrogen and oxygen atoms in total. The number of aryl methyl sites for hydroxylation is 1. The molecule has 0 heterocycles. The second kappa shape index (κ2) is 7.45. The van der Waals surface area contributed by atoms with Crippen molar-refractivity contribution in [3.63, 3.8) is 0 Å². The highest BCUT2D eigenvalue weighted by atomic mass is 16.5. The maximum atomic E-state index is 11.9. The molecule has 2 rings (SSSR count). The molecule has 0 aromatic heterocycles. The summed E-state index contributed by atoms with van der Waals surface area (Å²) in [5.41, 5.74) is 2.89. The minimum absolute atomic E-state index is 0.0188. The molecule has 2 N–H and O–H groups in total. The third-order valence-corrected chi connectivity index (χ3v) is 2.98. The number of nitrogens with one attached hydrogen (secondary N) is 1. The number of carbonyl (C=O) groups is 1. The SMILES string of the molecule is Cc1ccc(CC(=O)Nc2ccc(OCCO)cc2)cc1. The first-order valence-corrected chi connectivity index (χ1v) is 6.86.